The molecule has 0 aliphatic heterocycles. The quantitative estimate of drug-likeness (QED) is 0.723. The van der Waals surface area contributed by atoms with Crippen molar-refractivity contribution >= 4 is 11.5 Å². The van der Waals surface area contributed by atoms with Crippen molar-refractivity contribution in [2.45, 2.75) is 20.8 Å². The van der Waals surface area contributed by atoms with Gasteiger partial charge in [0.15, 0.2) is 0 Å². The van der Waals surface area contributed by atoms with Gasteiger partial charge in [-0.1, -0.05) is 6.08 Å². The van der Waals surface area contributed by atoms with Crippen LogP contribution in [0.1, 0.15) is 26.5 Å². The molecule has 2 N–H and O–H groups in total. The summed E-state index contributed by atoms with van der Waals surface area (Å²) in [5.74, 6) is 0.412. The van der Waals surface area contributed by atoms with Crippen LogP contribution in [-0.4, -0.2) is 15.7 Å². The van der Waals surface area contributed by atoms with E-state index in [-0.39, 0.29) is 0 Å². The van der Waals surface area contributed by atoms with E-state index >= 15 is 0 Å². The molecule has 0 bridgehead atoms. The number of hydrogen-bond acceptors (Lipinski definition) is 4. The molecule has 0 atom stereocenters. The average molecular weight is 190 g/mol. The maximum atomic E-state index is 5.52. The third-order valence-corrected chi connectivity index (χ3v) is 1.79. The summed E-state index contributed by atoms with van der Waals surface area (Å²) >= 11 is 0. The van der Waals surface area contributed by atoms with Gasteiger partial charge in [-0.15, -0.1) is 0 Å². The van der Waals surface area contributed by atoms with E-state index in [4.69, 9.17) is 5.73 Å². The van der Waals surface area contributed by atoms with Crippen LogP contribution in [0.4, 0.5) is 5.82 Å². The van der Waals surface area contributed by atoms with Gasteiger partial charge in [-0.3, -0.25) is 9.98 Å². The van der Waals surface area contributed by atoms with Gasteiger partial charge in [-0.2, -0.15) is 0 Å². The molecule has 0 spiro atoms. The summed E-state index contributed by atoms with van der Waals surface area (Å²) in [6.07, 6.45) is 5.10. The lowest BCUT2D eigenvalue weighted by Gasteiger charge is -2.00. The van der Waals surface area contributed by atoms with Crippen molar-refractivity contribution in [1.29, 1.82) is 0 Å². The summed E-state index contributed by atoms with van der Waals surface area (Å²) in [6, 6.07) is 0. The highest BCUT2D eigenvalue weighted by molar-refractivity contribution is 5.97. The van der Waals surface area contributed by atoms with Gasteiger partial charge in [-0.25, -0.2) is 4.98 Å². The Morgan fingerprint density at radius 3 is 2.71 bits per heavy atom. The SMILES string of the molecule is C/C=C(/C)N=C(C)c1cncc(N)n1. The fourth-order valence-electron chi connectivity index (χ4n) is 0.942. The predicted molar refractivity (Wildman–Crippen MR) is 58.1 cm³/mol. The smallest absolute Gasteiger partial charge is 0.142 e. The zero-order chi connectivity index (χ0) is 10.6. The van der Waals surface area contributed by atoms with Gasteiger partial charge in [0.1, 0.15) is 11.5 Å². The summed E-state index contributed by atoms with van der Waals surface area (Å²) in [4.78, 5) is 12.4. The normalized spacial score (nSPS) is 13.1. The minimum absolute atomic E-state index is 0.412. The standard InChI is InChI=1S/C10H14N4/c1-4-7(2)13-8(3)9-5-12-6-10(11)14-9/h4-6H,1-3H3,(H2,11,14)/b7-4-,13-8?. The molecule has 0 fully saturated rings. The Morgan fingerprint density at radius 2 is 2.14 bits per heavy atom. The van der Waals surface area contributed by atoms with Crippen LogP contribution in [0.3, 0.4) is 0 Å². The van der Waals surface area contributed by atoms with Gasteiger partial charge in [0.05, 0.1) is 18.1 Å². The fraction of sp³-hybridized carbons (Fsp3) is 0.300. The molecule has 0 saturated heterocycles. The maximum absolute atomic E-state index is 5.52. The van der Waals surface area contributed by atoms with Crippen molar-refractivity contribution in [3.8, 4) is 0 Å². The molecular formula is C10H14N4. The van der Waals surface area contributed by atoms with E-state index in [9.17, 15) is 0 Å². The Morgan fingerprint density at radius 1 is 1.43 bits per heavy atom. The van der Waals surface area contributed by atoms with Crippen molar-refractivity contribution in [3.63, 3.8) is 0 Å². The molecule has 0 aliphatic rings. The lowest BCUT2D eigenvalue weighted by molar-refractivity contribution is 1.17. The molecule has 0 aliphatic carbocycles. The zero-order valence-corrected chi connectivity index (χ0v) is 8.65. The van der Waals surface area contributed by atoms with E-state index in [1.807, 2.05) is 26.8 Å². The first-order valence-corrected chi connectivity index (χ1v) is 4.39. The number of aromatic nitrogens is 2. The van der Waals surface area contributed by atoms with Crippen molar-refractivity contribution in [2.24, 2.45) is 4.99 Å². The van der Waals surface area contributed by atoms with Gasteiger partial charge >= 0.3 is 0 Å². The molecule has 1 heterocycles. The highest BCUT2D eigenvalue weighted by Crippen LogP contribution is 2.03. The molecule has 0 amide bonds. The lowest BCUT2D eigenvalue weighted by Crippen LogP contribution is -2.02. The van der Waals surface area contributed by atoms with Gasteiger partial charge in [0.25, 0.3) is 0 Å². The van der Waals surface area contributed by atoms with E-state index in [2.05, 4.69) is 15.0 Å². The molecule has 0 saturated carbocycles. The number of nitrogen functional groups attached to an aromatic ring is 1. The number of nitrogens with two attached hydrogens (primary N) is 1. The molecule has 0 radical (unpaired) electrons. The van der Waals surface area contributed by atoms with E-state index < -0.39 is 0 Å². The molecule has 14 heavy (non-hydrogen) atoms. The second-order valence-electron chi connectivity index (χ2n) is 2.96. The third kappa shape index (κ3) is 2.65. The highest BCUT2D eigenvalue weighted by atomic mass is 14.9. The summed E-state index contributed by atoms with van der Waals surface area (Å²) < 4.78 is 0. The Labute approximate surface area is 83.6 Å². The second kappa shape index (κ2) is 4.50. The number of rotatable bonds is 2. The van der Waals surface area contributed by atoms with E-state index in [0.717, 1.165) is 11.4 Å². The van der Waals surface area contributed by atoms with Crippen molar-refractivity contribution in [3.05, 3.63) is 29.9 Å². The topological polar surface area (TPSA) is 64.2 Å². The van der Waals surface area contributed by atoms with Crippen LogP contribution in [0, 0.1) is 0 Å². The molecule has 1 aromatic rings. The van der Waals surface area contributed by atoms with Crippen molar-refractivity contribution in [2.75, 3.05) is 5.73 Å². The van der Waals surface area contributed by atoms with Gasteiger partial charge in [0.2, 0.25) is 0 Å². The lowest BCUT2D eigenvalue weighted by atomic mass is 10.3. The first-order valence-electron chi connectivity index (χ1n) is 4.39. The van der Waals surface area contributed by atoms with Crippen molar-refractivity contribution in [1.82, 2.24) is 9.97 Å². The van der Waals surface area contributed by atoms with Crippen LogP contribution in [-0.2, 0) is 0 Å². The fourth-order valence-corrected chi connectivity index (χ4v) is 0.942. The van der Waals surface area contributed by atoms with Crippen LogP contribution >= 0.6 is 0 Å². The molecule has 0 aromatic carbocycles. The molecule has 74 valence electrons. The summed E-state index contributed by atoms with van der Waals surface area (Å²) in [5.41, 5.74) is 8.00. The molecule has 1 rings (SSSR count). The zero-order valence-electron chi connectivity index (χ0n) is 8.65. The molecular weight excluding hydrogens is 176 g/mol. The number of hydrogen-bond donors (Lipinski definition) is 1. The minimum atomic E-state index is 0.412. The summed E-state index contributed by atoms with van der Waals surface area (Å²) in [7, 11) is 0. The first-order chi connectivity index (χ1) is 6.63. The summed E-state index contributed by atoms with van der Waals surface area (Å²) in [6.45, 7) is 5.76. The molecule has 4 heteroatoms. The monoisotopic (exact) mass is 190 g/mol. The number of nitrogens with zero attached hydrogens (tertiary/aromatic N) is 3. The van der Waals surface area contributed by atoms with Gasteiger partial charge < -0.3 is 5.73 Å². The van der Waals surface area contributed by atoms with Crippen LogP contribution < -0.4 is 5.73 Å². The van der Waals surface area contributed by atoms with Crippen LogP contribution in [0.5, 0.6) is 0 Å². The Bertz CT molecular complexity index is 379. The number of aliphatic imine (C=N–C) groups is 1. The molecule has 4 nitrogen and oxygen atoms in total. The van der Waals surface area contributed by atoms with Crippen LogP contribution in [0.2, 0.25) is 0 Å². The highest BCUT2D eigenvalue weighted by Gasteiger charge is 1.99. The Hall–Kier alpha value is -1.71. The second-order valence-corrected chi connectivity index (χ2v) is 2.96. The molecule has 0 unspecified atom stereocenters. The van der Waals surface area contributed by atoms with E-state index in [0.29, 0.717) is 11.5 Å². The Balaban J connectivity index is 3.00. The number of anilines is 1. The maximum Gasteiger partial charge on any atom is 0.142 e. The first kappa shape index (κ1) is 10.4. The molecule has 1 aromatic heterocycles. The number of allylic oxidation sites excluding steroid dienone is 2. The largest absolute Gasteiger partial charge is 0.382 e. The van der Waals surface area contributed by atoms with Gasteiger partial charge in [-0.05, 0) is 20.8 Å². The predicted octanol–water partition coefficient (Wildman–Crippen LogP) is 1.79. The van der Waals surface area contributed by atoms with Crippen LogP contribution in [0.15, 0.2) is 29.2 Å². The van der Waals surface area contributed by atoms with E-state index in [1.165, 1.54) is 6.20 Å². The summed E-state index contributed by atoms with van der Waals surface area (Å²) in [5, 5.41) is 0. The van der Waals surface area contributed by atoms with Gasteiger partial charge in [0, 0.05) is 5.70 Å². The average Bonchev–Trinajstić information content (AvgIpc) is 2.17. The minimum Gasteiger partial charge on any atom is -0.382 e. The Kier molecular flexibility index (Phi) is 3.34. The van der Waals surface area contributed by atoms with Crippen LogP contribution in [0.25, 0.3) is 0 Å². The van der Waals surface area contributed by atoms with E-state index in [1.54, 1.807) is 6.20 Å². The van der Waals surface area contributed by atoms with Crippen molar-refractivity contribution < 1.29 is 0 Å². The third-order valence-electron chi connectivity index (χ3n) is 1.79.